The van der Waals surface area contributed by atoms with Crippen LogP contribution in [0.5, 0.6) is 0 Å². The van der Waals surface area contributed by atoms with Gasteiger partial charge in [0.25, 0.3) is 0 Å². The van der Waals surface area contributed by atoms with Crippen LogP contribution >= 0.6 is 0 Å². The molecule has 0 aliphatic rings. The molecule has 0 spiro atoms. The van der Waals surface area contributed by atoms with Crippen molar-refractivity contribution in [1.82, 2.24) is 4.90 Å². The zero-order chi connectivity index (χ0) is 14.4. The second-order valence-electron chi connectivity index (χ2n) is 4.59. The number of amides is 1. The summed E-state index contributed by atoms with van der Waals surface area (Å²) >= 11 is 0. The predicted molar refractivity (Wildman–Crippen MR) is 75.0 cm³/mol. The van der Waals surface area contributed by atoms with Crippen LogP contribution in [0.3, 0.4) is 0 Å². The maximum absolute atomic E-state index is 11.6. The fraction of sp³-hybridized carbons (Fsp3) is 0.286. The lowest BCUT2D eigenvalue weighted by Gasteiger charge is -2.11. The molecule has 1 aromatic carbocycles. The molecule has 0 bridgehead atoms. The molecule has 0 heterocycles. The Morgan fingerprint density at radius 2 is 2.00 bits per heavy atom. The third-order valence-electron chi connectivity index (χ3n) is 2.26. The number of benzene rings is 1. The first-order valence-electron chi connectivity index (χ1n) is 5.84. The van der Waals surface area contributed by atoms with Gasteiger partial charge < -0.3 is 15.3 Å². The van der Waals surface area contributed by atoms with Gasteiger partial charge in [0.05, 0.1) is 6.54 Å². The van der Waals surface area contributed by atoms with Crippen LogP contribution in [0, 0.1) is 6.92 Å². The van der Waals surface area contributed by atoms with Crippen LogP contribution in [0.1, 0.15) is 11.1 Å². The van der Waals surface area contributed by atoms with Crippen molar-refractivity contribution in [3.63, 3.8) is 0 Å². The first-order valence-corrected chi connectivity index (χ1v) is 5.84. The second-order valence-corrected chi connectivity index (χ2v) is 4.59. The van der Waals surface area contributed by atoms with E-state index in [9.17, 15) is 9.59 Å². The second kappa shape index (κ2) is 6.70. The SMILES string of the molecule is Cc1cc(/C=C/C(=O)O)cc(NC(=O)CN(C)C)c1. The number of carboxylic acid groups (broad SMARTS) is 1. The van der Waals surface area contributed by atoms with Crippen molar-refractivity contribution >= 4 is 23.6 Å². The van der Waals surface area contributed by atoms with Gasteiger partial charge in [-0.1, -0.05) is 6.07 Å². The van der Waals surface area contributed by atoms with E-state index in [1.165, 1.54) is 6.08 Å². The first-order chi connectivity index (χ1) is 8.86. The topological polar surface area (TPSA) is 69.6 Å². The normalized spacial score (nSPS) is 10.9. The van der Waals surface area contributed by atoms with Gasteiger partial charge in [-0.2, -0.15) is 0 Å². The molecule has 0 aromatic heterocycles. The monoisotopic (exact) mass is 262 g/mol. The minimum Gasteiger partial charge on any atom is -0.478 e. The molecule has 5 nitrogen and oxygen atoms in total. The van der Waals surface area contributed by atoms with Crippen molar-refractivity contribution in [2.24, 2.45) is 0 Å². The molecule has 0 saturated carbocycles. The molecular formula is C14H18N2O3. The van der Waals surface area contributed by atoms with Crippen LogP contribution in [-0.4, -0.2) is 42.5 Å². The summed E-state index contributed by atoms with van der Waals surface area (Å²) in [7, 11) is 3.63. The smallest absolute Gasteiger partial charge is 0.328 e. The van der Waals surface area contributed by atoms with Gasteiger partial charge in [-0.3, -0.25) is 4.79 Å². The lowest BCUT2D eigenvalue weighted by molar-refractivity contribution is -0.131. The molecular weight excluding hydrogens is 244 g/mol. The number of hydrogen-bond donors (Lipinski definition) is 2. The Kier molecular flexibility index (Phi) is 5.26. The van der Waals surface area contributed by atoms with Crippen LogP contribution in [0.15, 0.2) is 24.3 Å². The summed E-state index contributed by atoms with van der Waals surface area (Å²) in [6.45, 7) is 2.19. The number of anilines is 1. The minimum absolute atomic E-state index is 0.108. The standard InChI is InChI=1S/C14H18N2O3/c1-10-6-11(4-5-14(18)19)8-12(7-10)15-13(17)9-16(2)3/h4-8H,9H2,1-3H3,(H,15,17)(H,18,19)/b5-4+. The van der Waals surface area contributed by atoms with Crippen LogP contribution in [0.4, 0.5) is 5.69 Å². The molecule has 2 N–H and O–H groups in total. The van der Waals surface area contributed by atoms with Gasteiger partial charge in [-0.15, -0.1) is 0 Å². The summed E-state index contributed by atoms with van der Waals surface area (Å²) in [6.07, 6.45) is 2.57. The summed E-state index contributed by atoms with van der Waals surface area (Å²) in [5.74, 6) is -1.11. The lowest BCUT2D eigenvalue weighted by Crippen LogP contribution is -2.27. The Labute approximate surface area is 112 Å². The maximum atomic E-state index is 11.6. The van der Waals surface area contributed by atoms with Gasteiger partial charge in [0.1, 0.15) is 0 Å². The number of carbonyl (C=O) groups excluding carboxylic acids is 1. The van der Waals surface area contributed by atoms with Gasteiger partial charge in [-0.25, -0.2) is 4.79 Å². The fourth-order valence-corrected chi connectivity index (χ4v) is 1.64. The van der Waals surface area contributed by atoms with Crippen LogP contribution in [-0.2, 0) is 9.59 Å². The molecule has 0 radical (unpaired) electrons. The van der Waals surface area contributed by atoms with Crippen LogP contribution < -0.4 is 5.32 Å². The summed E-state index contributed by atoms with van der Waals surface area (Å²) in [4.78, 5) is 23.9. The van der Waals surface area contributed by atoms with Crippen molar-refractivity contribution in [1.29, 1.82) is 0 Å². The molecule has 0 unspecified atom stereocenters. The van der Waals surface area contributed by atoms with Crippen LogP contribution in [0.2, 0.25) is 0 Å². The molecule has 0 fully saturated rings. The highest BCUT2D eigenvalue weighted by molar-refractivity contribution is 5.93. The third kappa shape index (κ3) is 5.83. The summed E-state index contributed by atoms with van der Waals surface area (Å²) in [6, 6.07) is 5.42. The molecule has 0 aliphatic heterocycles. The van der Waals surface area contributed by atoms with E-state index in [1.807, 2.05) is 33.2 Å². The Hall–Kier alpha value is -2.14. The van der Waals surface area contributed by atoms with Crippen molar-refractivity contribution < 1.29 is 14.7 Å². The van der Waals surface area contributed by atoms with E-state index in [1.54, 1.807) is 11.0 Å². The average Bonchev–Trinajstić information content (AvgIpc) is 2.24. The Bertz CT molecular complexity index is 507. The molecule has 1 aromatic rings. The van der Waals surface area contributed by atoms with E-state index < -0.39 is 5.97 Å². The van der Waals surface area contributed by atoms with E-state index in [0.29, 0.717) is 12.2 Å². The first kappa shape index (κ1) is 14.9. The zero-order valence-electron chi connectivity index (χ0n) is 11.3. The summed E-state index contributed by atoms with van der Waals surface area (Å²) in [5, 5.41) is 11.4. The van der Waals surface area contributed by atoms with E-state index >= 15 is 0 Å². The number of nitrogens with zero attached hydrogens (tertiary/aromatic N) is 1. The van der Waals surface area contributed by atoms with Crippen molar-refractivity contribution in [2.45, 2.75) is 6.92 Å². The number of hydrogen-bond acceptors (Lipinski definition) is 3. The van der Waals surface area contributed by atoms with E-state index in [-0.39, 0.29) is 5.91 Å². The Morgan fingerprint density at radius 3 is 2.58 bits per heavy atom. The summed E-state index contributed by atoms with van der Waals surface area (Å²) in [5.41, 5.74) is 2.35. The number of nitrogens with one attached hydrogen (secondary N) is 1. The Balaban J connectivity index is 2.84. The average molecular weight is 262 g/mol. The highest BCUT2D eigenvalue weighted by atomic mass is 16.4. The largest absolute Gasteiger partial charge is 0.478 e. The molecule has 1 rings (SSSR count). The number of carboxylic acids is 1. The molecule has 19 heavy (non-hydrogen) atoms. The summed E-state index contributed by atoms with van der Waals surface area (Å²) < 4.78 is 0. The molecule has 0 atom stereocenters. The highest BCUT2D eigenvalue weighted by Gasteiger charge is 2.04. The molecule has 1 amide bonds. The van der Waals surface area contributed by atoms with Crippen molar-refractivity contribution in [2.75, 3.05) is 26.0 Å². The molecule has 0 saturated heterocycles. The maximum Gasteiger partial charge on any atom is 0.328 e. The van der Waals surface area contributed by atoms with Gasteiger partial charge in [0.2, 0.25) is 5.91 Å². The van der Waals surface area contributed by atoms with E-state index in [4.69, 9.17) is 5.11 Å². The number of likely N-dealkylation sites (N-methyl/N-ethyl adjacent to an activating group) is 1. The van der Waals surface area contributed by atoms with E-state index in [0.717, 1.165) is 17.2 Å². The zero-order valence-corrected chi connectivity index (χ0v) is 11.3. The lowest BCUT2D eigenvalue weighted by atomic mass is 10.1. The molecule has 0 aliphatic carbocycles. The fourth-order valence-electron chi connectivity index (χ4n) is 1.64. The highest BCUT2D eigenvalue weighted by Crippen LogP contribution is 2.15. The Morgan fingerprint density at radius 1 is 1.32 bits per heavy atom. The minimum atomic E-state index is -1.00. The van der Waals surface area contributed by atoms with E-state index in [2.05, 4.69) is 5.32 Å². The van der Waals surface area contributed by atoms with Crippen molar-refractivity contribution in [3.8, 4) is 0 Å². The molecule has 102 valence electrons. The van der Waals surface area contributed by atoms with Crippen LogP contribution in [0.25, 0.3) is 6.08 Å². The third-order valence-corrected chi connectivity index (χ3v) is 2.26. The predicted octanol–water partition coefficient (Wildman–Crippen LogP) is 1.59. The number of rotatable bonds is 5. The molecule has 5 heteroatoms. The van der Waals surface area contributed by atoms with Gasteiger partial charge >= 0.3 is 5.97 Å². The van der Waals surface area contributed by atoms with Gasteiger partial charge in [-0.05, 0) is 50.4 Å². The van der Waals surface area contributed by atoms with Gasteiger partial charge in [0, 0.05) is 11.8 Å². The number of carbonyl (C=O) groups is 2. The van der Waals surface area contributed by atoms with Gasteiger partial charge in [0.15, 0.2) is 0 Å². The quantitative estimate of drug-likeness (QED) is 0.791. The number of aliphatic carboxylic acids is 1. The van der Waals surface area contributed by atoms with Crippen molar-refractivity contribution in [3.05, 3.63) is 35.4 Å². The number of aryl methyl sites for hydroxylation is 1.